The molecule has 0 amide bonds. The third-order valence-electron chi connectivity index (χ3n) is 3.91. The van der Waals surface area contributed by atoms with E-state index in [0.717, 1.165) is 36.2 Å². The lowest BCUT2D eigenvalue weighted by Crippen LogP contribution is -2.25. The smallest absolute Gasteiger partial charge is 0.329 e. The van der Waals surface area contributed by atoms with E-state index >= 15 is 0 Å². The number of hydrogen-bond acceptors (Lipinski definition) is 2. The van der Waals surface area contributed by atoms with Crippen LogP contribution in [-0.4, -0.2) is 15.7 Å². The van der Waals surface area contributed by atoms with Crippen molar-refractivity contribution in [1.82, 2.24) is 9.13 Å². The fourth-order valence-electron chi connectivity index (χ4n) is 2.86. The lowest BCUT2D eigenvalue weighted by atomic mass is 10.3. The Morgan fingerprint density at radius 2 is 1.48 bits per heavy atom. The summed E-state index contributed by atoms with van der Waals surface area (Å²) in [6, 6.07) is 17.8. The highest BCUT2D eigenvalue weighted by atomic mass is 16.5. The van der Waals surface area contributed by atoms with Gasteiger partial charge < -0.3 is 4.74 Å². The molecule has 0 saturated heterocycles. The lowest BCUT2D eigenvalue weighted by Gasteiger charge is -2.06. The fraction of sp³-hybridized carbons (Fsp3) is 0.316. The zero-order valence-corrected chi connectivity index (χ0v) is 13.4. The predicted octanol–water partition coefficient (Wildman–Crippen LogP) is 3.68. The zero-order valence-electron chi connectivity index (χ0n) is 13.4. The molecule has 2 aromatic carbocycles. The molecule has 3 aromatic rings. The SMILES string of the molecule is CCCn1c(=O)n(CCCOc2ccccc2)c2ccccc21. The van der Waals surface area contributed by atoms with Gasteiger partial charge in [-0.05, 0) is 37.1 Å². The van der Waals surface area contributed by atoms with E-state index in [9.17, 15) is 4.79 Å². The molecule has 4 heteroatoms. The van der Waals surface area contributed by atoms with Gasteiger partial charge in [-0.3, -0.25) is 9.13 Å². The first-order valence-electron chi connectivity index (χ1n) is 8.17. The third-order valence-corrected chi connectivity index (χ3v) is 3.91. The van der Waals surface area contributed by atoms with Crippen LogP contribution in [0.4, 0.5) is 0 Å². The maximum Gasteiger partial charge on any atom is 0.329 e. The van der Waals surface area contributed by atoms with Crippen molar-refractivity contribution in [2.24, 2.45) is 0 Å². The maximum atomic E-state index is 12.6. The van der Waals surface area contributed by atoms with Gasteiger partial charge in [0.05, 0.1) is 17.6 Å². The summed E-state index contributed by atoms with van der Waals surface area (Å²) in [5.41, 5.74) is 2.10. The minimum atomic E-state index is 0.0766. The first kappa shape index (κ1) is 15.4. The number of aromatic nitrogens is 2. The van der Waals surface area contributed by atoms with Crippen molar-refractivity contribution < 1.29 is 4.74 Å². The second-order valence-corrected chi connectivity index (χ2v) is 5.59. The summed E-state index contributed by atoms with van der Waals surface area (Å²) in [5.74, 6) is 0.869. The molecule has 1 heterocycles. The molecular formula is C19H22N2O2. The van der Waals surface area contributed by atoms with E-state index in [4.69, 9.17) is 4.74 Å². The molecule has 4 nitrogen and oxygen atoms in total. The van der Waals surface area contributed by atoms with Gasteiger partial charge in [0, 0.05) is 13.1 Å². The van der Waals surface area contributed by atoms with E-state index in [-0.39, 0.29) is 5.69 Å². The quantitative estimate of drug-likeness (QED) is 0.624. The average Bonchev–Trinajstić information content (AvgIpc) is 2.86. The summed E-state index contributed by atoms with van der Waals surface area (Å²) in [7, 11) is 0. The fourth-order valence-corrected chi connectivity index (χ4v) is 2.86. The van der Waals surface area contributed by atoms with Crippen LogP contribution in [0.15, 0.2) is 59.4 Å². The second-order valence-electron chi connectivity index (χ2n) is 5.59. The van der Waals surface area contributed by atoms with Crippen LogP contribution in [-0.2, 0) is 13.1 Å². The number of ether oxygens (including phenoxy) is 1. The molecule has 0 N–H and O–H groups in total. The van der Waals surface area contributed by atoms with Crippen LogP contribution in [0.3, 0.4) is 0 Å². The number of benzene rings is 2. The minimum Gasteiger partial charge on any atom is -0.494 e. The minimum absolute atomic E-state index is 0.0766. The highest BCUT2D eigenvalue weighted by molar-refractivity contribution is 5.75. The van der Waals surface area contributed by atoms with Crippen LogP contribution < -0.4 is 10.4 Å². The molecule has 0 aliphatic rings. The van der Waals surface area contributed by atoms with Crippen LogP contribution in [0.1, 0.15) is 19.8 Å². The van der Waals surface area contributed by atoms with Gasteiger partial charge in [0.15, 0.2) is 0 Å². The molecule has 0 aliphatic heterocycles. The largest absolute Gasteiger partial charge is 0.494 e. The number of para-hydroxylation sites is 3. The standard InChI is InChI=1S/C19H22N2O2/c1-2-13-20-17-11-6-7-12-18(17)21(19(20)22)14-8-15-23-16-9-4-3-5-10-16/h3-7,9-12H,2,8,13-15H2,1H3. The van der Waals surface area contributed by atoms with Crippen molar-refractivity contribution in [3.05, 3.63) is 65.1 Å². The highest BCUT2D eigenvalue weighted by Crippen LogP contribution is 2.14. The van der Waals surface area contributed by atoms with E-state index in [1.54, 1.807) is 0 Å². The first-order chi connectivity index (χ1) is 11.3. The summed E-state index contributed by atoms with van der Waals surface area (Å²) in [6.45, 7) is 4.12. The summed E-state index contributed by atoms with van der Waals surface area (Å²) < 4.78 is 9.44. The first-order valence-corrected chi connectivity index (χ1v) is 8.17. The Hall–Kier alpha value is -2.49. The van der Waals surface area contributed by atoms with Crippen LogP contribution in [0, 0.1) is 0 Å². The third kappa shape index (κ3) is 3.31. The van der Waals surface area contributed by atoms with Crippen LogP contribution >= 0.6 is 0 Å². The number of rotatable bonds is 7. The van der Waals surface area contributed by atoms with Gasteiger partial charge in [-0.15, -0.1) is 0 Å². The normalized spacial score (nSPS) is 11.0. The van der Waals surface area contributed by atoms with Gasteiger partial charge in [-0.1, -0.05) is 37.3 Å². The van der Waals surface area contributed by atoms with E-state index < -0.39 is 0 Å². The van der Waals surface area contributed by atoms with Gasteiger partial charge in [-0.2, -0.15) is 0 Å². The number of hydrogen-bond donors (Lipinski definition) is 0. The summed E-state index contributed by atoms with van der Waals surface area (Å²) in [6.07, 6.45) is 1.75. The Balaban J connectivity index is 1.73. The molecule has 0 aliphatic carbocycles. The van der Waals surface area contributed by atoms with Crippen LogP contribution in [0.2, 0.25) is 0 Å². The van der Waals surface area contributed by atoms with Crippen LogP contribution in [0.25, 0.3) is 11.0 Å². The molecular weight excluding hydrogens is 288 g/mol. The molecule has 23 heavy (non-hydrogen) atoms. The van der Waals surface area contributed by atoms with Gasteiger partial charge in [0.1, 0.15) is 5.75 Å². The predicted molar refractivity (Wildman–Crippen MR) is 93.0 cm³/mol. The number of nitrogens with zero attached hydrogens (tertiary/aromatic N) is 2. The van der Waals surface area contributed by atoms with Crippen molar-refractivity contribution in [1.29, 1.82) is 0 Å². The number of imidazole rings is 1. The van der Waals surface area contributed by atoms with Gasteiger partial charge in [0.2, 0.25) is 0 Å². The van der Waals surface area contributed by atoms with Crippen LogP contribution in [0.5, 0.6) is 5.75 Å². The summed E-state index contributed by atoms with van der Waals surface area (Å²) in [5, 5.41) is 0. The summed E-state index contributed by atoms with van der Waals surface area (Å²) >= 11 is 0. The van der Waals surface area contributed by atoms with Gasteiger partial charge in [0.25, 0.3) is 0 Å². The number of fused-ring (bicyclic) bond motifs is 1. The second kappa shape index (κ2) is 7.18. The molecule has 0 radical (unpaired) electrons. The van der Waals surface area contributed by atoms with Crippen molar-refractivity contribution in [2.75, 3.05) is 6.61 Å². The molecule has 0 spiro atoms. The molecule has 0 saturated carbocycles. The van der Waals surface area contributed by atoms with Crippen molar-refractivity contribution >= 4 is 11.0 Å². The molecule has 0 unspecified atom stereocenters. The van der Waals surface area contributed by atoms with Crippen molar-refractivity contribution in [3.63, 3.8) is 0 Å². The Morgan fingerprint density at radius 3 is 2.13 bits per heavy atom. The van der Waals surface area contributed by atoms with E-state index in [0.29, 0.717) is 13.2 Å². The highest BCUT2D eigenvalue weighted by Gasteiger charge is 2.11. The summed E-state index contributed by atoms with van der Waals surface area (Å²) in [4.78, 5) is 12.6. The maximum absolute atomic E-state index is 12.6. The number of aryl methyl sites for hydroxylation is 2. The Kier molecular flexibility index (Phi) is 4.81. The molecule has 1 aromatic heterocycles. The van der Waals surface area contributed by atoms with E-state index in [1.807, 2.05) is 63.7 Å². The Morgan fingerprint density at radius 1 is 0.870 bits per heavy atom. The molecule has 0 fully saturated rings. The topological polar surface area (TPSA) is 36.2 Å². The Bertz CT molecular complexity index is 818. The average molecular weight is 310 g/mol. The van der Waals surface area contributed by atoms with Gasteiger partial charge in [-0.25, -0.2) is 4.79 Å². The molecule has 0 bridgehead atoms. The van der Waals surface area contributed by atoms with Crippen molar-refractivity contribution in [3.8, 4) is 5.75 Å². The molecule has 0 atom stereocenters. The lowest BCUT2D eigenvalue weighted by molar-refractivity contribution is 0.301. The Labute approximate surface area is 135 Å². The molecule has 3 rings (SSSR count). The zero-order chi connectivity index (χ0) is 16.1. The van der Waals surface area contributed by atoms with Gasteiger partial charge >= 0.3 is 5.69 Å². The van der Waals surface area contributed by atoms with E-state index in [2.05, 4.69) is 6.92 Å². The van der Waals surface area contributed by atoms with E-state index in [1.165, 1.54) is 0 Å². The monoisotopic (exact) mass is 310 g/mol. The molecule has 120 valence electrons. The van der Waals surface area contributed by atoms with Crippen molar-refractivity contribution in [2.45, 2.75) is 32.9 Å².